The van der Waals surface area contributed by atoms with Crippen LogP contribution in [-0.4, -0.2) is 31.3 Å². The summed E-state index contributed by atoms with van der Waals surface area (Å²) < 4.78 is 0.833. The monoisotopic (exact) mass is 488 g/mol. The molecule has 2 nitrogen and oxygen atoms in total. The highest BCUT2D eigenvalue weighted by atomic mass is 35.5. The molecule has 0 radical (unpaired) electrons. The van der Waals surface area contributed by atoms with Gasteiger partial charge in [0.2, 0.25) is 0 Å². The van der Waals surface area contributed by atoms with Crippen molar-refractivity contribution in [1.82, 2.24) is 0 Å². The SMILES string of the molecule is C=CC[N+](C)(C)C(N)CC.CCCCCCCCCCCCCCCCCCCCCC.[Cl-]. The molecule has 0 aliphatic rings. The largest absolute Gasteiger partial charge is 1.00 e. The van der Waals surface area contributed by atoms with Crippen molar-refractivity contribution in [1.29, 1.82) is 0 Å². The summed E-state index contributed by atoms with van der Waals surface area (Å²) in [6.45, 7) is 11.3. The van der Waals surface area contributed by atoms with Gasteiger partial charge in [-0.15, -0.1) is 0 Å². The lowest BCUT2D eigenvalue weighted by Gasteiger charge is -2.34. The summed E-state index contributed by atoms with van der Waals surface area (Å²) in [5.41, 5.74) is 5.86. The number of unbranched alkanes of at least 4 members (excludes halogenated alkanes) is 19. The second kappa shape index (κ2) is 30.0. The number of likely N-dealkylation sites (N-methyl/N-ethyl adjacent to an activating group) is 1. The number of quaternary nitrogens is 1. The van der Waals surface area contributed by atoms with Crippen molar-refractivity contribution in [3.63, 3.8) is 0 Å². The molecule has 33 heavy (non-hydrogen) atoms. The van der Waals surface area contributed by atoms with Crippen molar-refractivity contribution < 1.29 is 16.9 Å². The highest BCUT2D eigenvalue weighted by molar-refractivity contribution is 4.65. The zero-order chi connectivity index (χ0) is 24.3. The van der Waals surface area contributed by atoms with Gasteiger partial charge in [0.25, 0.3) is 0 Å². The van der Waals surface area contributed by atoms with Gasteiger partial charge in [-0.3, -0.25) is 5.73 Å². The smallest absolute Gasteiger partial charge is 0.139 e. The van der Waals surface area contributed by atoms with Crippen molar-refractivity contribution in [3.05, 3.63) is 12.7 Å². The predicted octanol–water partition coefficient (Wildman–Crippen LogP) is 6.78. The third-order valence-electron chi connectivity index (χ3n) is 6.87. The number of hydrogen-bond donors (Lipinski definition) is 1. The number of halogens is 1. The Morgan fingerprint density at radius 2 is 0.818 bits per heavy atom. The van der Waals surface area contributed by atoms with Gasteiger partial charge in [-0.1, -0.05) is 156 Å². The summed E-state index contributed by atoms with van der Waals surface area (Å²) >= 11 is 0. The summed E-state index contributed by atoms with van der Waals surface area (Å²) in [6, 6.07) is 0. The maximum atomic E-state index is 5.86. The lowest BCUT2D eigenvalue weighted by molar-refractivity contribution is -0.909. The molecule has 3 heteroatoms. The fraction of sp³-hybridized carbons (Fsp3) is 0.933. The van der Waals surface area contributed by atoms with Crippen LogP contribution in [0.25, 0.3) is 0 Å². The molecule has 202 valence electrons. The van der Waals surface area contributed by atoms with Gasteiger partial charge in [0.15, 0.2) is 0 Å². The van der Waals surface area contributed by atoms with Gasteiger partial charge >= 0.3 is 0 Å². The van der Waals surface area contributed by atoms with E-state index in [0.717, 1.165) is 17.4 Å². The van der Waals surface area contributed by atoms with Crippen molar-refractivity contribution >= 4 is 0 Å². The Bertz CT molecular complexity index is 337. The Morgan fingerprint density at radius 3 is 1.00 bits per heavy atom. The molecule has 0 rings (SSSR count). The van der Waals surface area contributed by atoms with E-state index < -0.39 is 0 Å². The summed E-state index contributed by atoms with van der Waals surface area (Å²) in [5.74, 6) is 0. The molecule has 1 unspecified atom stereocenters. The fourth-order valence-electron chi connectivity index (χ4n) is 4.29. The second-order valence-electron chi connectivity index (χ2n) is 10.6. The Kier molecular flexibility index (Phi) is 34.1. The lowest BCUT2D eigenvalue weighted by Crippen LogP contribution is -3.00. The average molecular weight is 489 g/mol. The number of hydrogen-bond acceptors (Lipinski definition) is 1. The minimum absolute atomic E-state index is 0. The number of nitrogens with two attached hydrogens (primary N) is 1. The third kappa shape index (κ3) is 29.9. The molecule has 1 atom stereocenters. The molecule has 0 aromatic rings. The molecule has 0 amide bonds. The highest BCUT2D eigenvalue weighted by Crippen LogP contribution is 2.14. The quantitative estimate of drug-likeness (QED) is 0.0729. The van der Waals surface area contributed by atoms with Crippen LogP contribution in [0.1, 0.15) is 156 Å². The van der Waals surface area contributed by atoms with Crippen LogP contribution in [0.2, 0.25) is 0 Å². The van der Waals surface area contributed by atoms with E-state index in [9.17, 15) is 0 Å². The maximum absolute atomic E-state index is 5.86. The molecule has 0 heterocycles. The molecule has 2 N–H and O–H groups in total. The number of rotatable bonds is 23. The minimum atomic E-state index is 0. The van der Waals surface area contributed by atoms with Crippen LogP contribution in [0.5, 0.6) is 0 Å². The van der Waals surface area contributed by atoms with Crippen LogP contribution in [0.4, 0.5) is 0 Å². The Labute approximate surface area is 217 Å². The maximum Gasteiger partial charge on any atom is 0.139 e. The van der Waals surface area contributed by atoms with E-state index in [-0.39, 0.29) is 18.6 Å². The molecule has 0 spiro atoms. The molecule has 0 aliphatic carbocycles. The molecule has 0 fully saturated rings. The molecule has 0 saturated heterocycles. The first-order valence-corrected chi connectivity index (χ1v) is 14.6. The zero-order valence-corrected chi connectivity index (χ0v) is 24.6. The topological polar surface area (TPSA) is 26.0 Å². The van der Waals surface area contributed by atoms with Crippen LogP contribution in [0.15, 0.2) is 12.7 Å². The van der Waals surface area contributed by atoms with Crippen LogP contribution in [0.3, 0.4) is 0 Å². The van der Waals surface area contributed by atoms with E-state index in [2.05, 4.69) is 41.4 Å². The first-order valence-electron chi connectivity index (χ1n) is 14.6. The van der Waals surface area contributed by atoms with Gasteiger partial charge in [0.05, 0.1) is 20.6 Å². The van der Waals surface area contributed by atoms with E-state index in [1.807, 2.05) is 6.08 Å². The Balaban J connectivity index is -0.000000690. The molecule has 0 saturated carbocycles. The average Bonchev–Trinajstić information content (AvgIpc) is 2.78. The second-order valence-corrected chi connectivity index (χ2v) is 10.6. The third-order valence-corrected chi connectivity index (χ3v) is 6.87. The zero-order valence-electron chi connectivity index (χ0n) is 23.8. The van der Waals surface area contributed by atoms with Gasteiger partial charge in [-0.2, -0.15) is 0 Å². The predicted molar refractivity (Wildman–Crippen MR) is 149 cm³/mol. The lowest BCUT2D eigenvalue weighted by atomic mass is 10.0. The van der Waals surface area contributed by atoms with Gasteiger partial charge in [-0.25, -0.2) is 0 Å². The highest BCUT2D eigenvalue weighted by Gasteiger charge is 2.20. The molecule has 0 bridgehead atoms. The first kappa shape index (κ1) is 37.5. The van der Waals surface area contributed by atoms with E-state index >= 15 is 0 Å². The molecular formula is C30H65ClN2. The molecular weight excluding hydrogens is 424 g/mol. The molecule has 0 aliphatic heterocycles. The van der Waals surface area contributed by atoms with Gasteiger partial charge in [0.1, 0.15) is 6.17 Å². The van der Waals surface area contributed by atoms with Gasteiger partial charge in [-0.05, 0) is 6.08 Å². The van der Waals surface area contributed by atoms with Gasteiger partial charge in [0, 0.05) is 6.42 Å². The molecule has 0 aromatic heterocycles. The van der Waals surface area contributed by atoms with Gasteiger partial charge < -0.3 is 16.9 Å². The van der Waals surface area contributed by atoms with Crippen molar-refractivity contribution in [2.75, 3.05) is 20.6 Å². The van der Waals surface area contributed by atoms with Crippen molar-refractivity contribution in [2.45, 2.75) is 162 Å². The van der Waals surface area contributed by atoms with Crippen LogP contribution >= 0.6 is 0 Å². The van der Waals surface area contributed by atoms with Crippen LogP contribution in [-0.2, 0) is 0 Å². The van der Waals surface area contributed by atoms with Crippen LogP contribution < -0.4 is 18.1 Å². The van der Waals surface area contributed by atoms with E-state index in [1.165, 1.54) is 128 Å². The van der Waals surface area contributed by atoms with Crippen LogP contribution in [0, 0.1) is 0 Å². The standard InChI is InChI=1S/C22H46.C8H19N2.ClH/c1-3-5-7-9-11-13-15-17-19-21-22-20-18-16-14-12-10-8-6-4-2;1-5-7-10(3,4)8(9)6-2;/h3-22H2,1-2H3;5,8H,1,6-7,9H2,2-4H3;1H/q;+1;/p-1. The summed E-state index contributed by atoms with van der Waals surface area (Å²) in [7, 11) is 4.24. The summed E-state index contributed by atoms with van der Waals surface area (Å²) in [4.78, 5) is 0. The number of nitrogens with zero attached hydrogens (tertiary/aromatic N) is 1. The summed E-state index contributed by atoms with van der Waals surface area (Å²) in [5, 5.41) is 0. The Morgan fingerprint density at radius 1 is 0.576 bits per heavy atom. The minimum Gasteiger partial charge on any atom is -1.00 e. The van der Waals surface area contributed by atoms with E-state index in [4.69, 9.17) is 5.73 Å². The Hall–Kier alpha value is -0.0500. The summed E-state index contributed by atoms with van der Waals surface area (Å²) in [6.07, 6.45) is 32.6. The normalized spacial score (nSPS) is 11.9. The van der Waals surface area contributed by atoms with Crippen molar-refractivity contribution in [3.8, 4) is 0 Å². The van der Waals surface area contributed by atoms with E-state index in [1.54, 1.807) is 0 Å². The van der Waals surface area contributed by atoms with E-state index in [0.29, 0.717) is 0 Å². The van der Waals surface area contributed by atoms with Crippen molar-refractivity contribution in [2.24, 2.45) is 5.73 Å². The molecule has 0 aromatic carbocycles. The fourth-order valence-corrected chi connectivity index (χ4v) is 4.29. The first-order chi connectivity index (χ1) is 15.5.